The highest BCUT2D eigenvalue weighted by Crippen LogP contribution is 2.29. The molecular weight excluding hydrogens is 148 g/mol. The SMILES string of the molecule is CN(C)C1(CN)CCCCCC1. The second kappa shape index (κ2) is 4.24. The first-order valence-corrected chi connectivity index (χ1v) is 5.09. The second-order valence-corrected chi connectivity index (χ2v) is 4.24. The number of nitrogens with two attached hydrogens (primary N) is 1. The zero-order valence-electron chi connectivity index (χ0n) is 8.47. The number of rotatable bonds is 2. The van der Waals surface area contributed by atoms with E-state index in [1.54, 1.807) is 0 Å². The Kier molecular flexibility index (Phi) is 3.53. The van der Waals surface area contributed by atoms with Crippen molar-refractivity contribution in [2.75, 3.05) is 20.6 Å². The molecule has 0 atom stereocenters. The molecule has 1 aliphatic carbocycles. The van der Waals surface area contributed by atoms with Crippen molar-refractivity contribution in [2.24, 2.45) is 5.73 Å². The number of nitrogens with zero attached hydrogens (tertiary/aromatic N) is 1. The van der Waals surface area contributed by atoms with Gasteiger partial charge in [-0.3, -0.25) is 0 Å². The minimum atomic E-state index is 0.316. The molecule has 0 aromatic rings. The van der Waals surface area contributed by atoms with Crippen molar-refractivity contribution < 1.29 is 0 Å². The number of hydrogen-bond donors (Lipinski definition) is 1. The molecule has 0 saturated heterocycles. The van der Waals surface area contributed by atoms with E-state index in [2.05, 4.69) is 19.0 Å². The number of likely N-dealkylation sites (N-methyl/N-ethyl adjacent to an activating group) is 1. The van der Waals surface area contributed by atoms with Crippen LogP contribution in [-0.2, 0) is 0 Å². The van der Waals surface area contributed by atoms with Gasteiger partial charge in [-0.2, -0.15) is 0 Å². The van der Waals surface area contributed by atoms with Crippen LogP contribution in [0.3, 0.4) is 0 Å². The average Bonchev–Trinajstić information content (AvgIpc) is 2.29. The maximum atomic E-state index is 5.87. The first-order chi connectivity index (χ1) is 5.71. The van der Waals surface area contributed by atoms with E-state index in [9.17, 15) is 0 Å². The fourth-order valence-corrected chi connectivity index (χ4v) is 2.22. The molecule has 0 aromatic carbocycles. The Bertz CT molecular complexity index is 124. The van der Waals surface area contributed by atoms with Crippen LogP contribution >= 0.6 is 0 Å². The lowest BCUT2D eigenvalue weighted by Gasteiger charge is -2.38. The lowest BCUT2D eigenvalue weighted by molar-refractivity contribution is 0.138. The van der Waals surface area contributed by atoms with Gasteiger partial charge in [-0.05, 0) is 26.9 Å². The van der Waals surface area contributed by atoms with Crippen molar-refractivity contribution in [1.29, 1.82) is 0 Å². The smallest absolute Gasteiger partial charge is 0.0325 e. The monoisotopic (exact) mass is 170 g/mol. The lowest BCUT2D eigenvalue weighted by atomic mass is 9.89. The summed E-state index contributed by atoms with van der Waals surface area (Å²) in [5, 5.41) is 0. The number of hydrogen-bond acceptors (Lipinski definition) is 2. The summed E-state index contributed by atoms with van der Waals surface area (Å²) in [6.45, 7) is 0.819. The minimum absolute atomic E-state index is 0.316. The summed E-state index contributed by atoms with van der Waals surface area (Å²) in [5.41, 5.74) is 6.18. The van der Waals surface area contributed by atoms with Crippen molar-refractivity contribution in [3.05, 3.63) is 0 Å². The highest BCUT2D eigenvalue weighted by atomic mass is 15.2. The Balaban J connectivity index is 2.61. The van der Waals surface area contributed by atoms with Gasteiger partial charge < -0.3 is 10.6 Å². The van der Waals surface area contributed by atoms with Gasteiger partial charge >= 0.3 is 0 Å². The van der Waals surface area contributed by atoms with Gasteiger partial charge in [0.05, 0.1) is 0 Å². The molecule has 2 nitrogen and oxygen atoms in total. The topological polar surface area (TPSA) is 29.3 Å². The first-order valence-electron chi connectivity index (χ1n) is 5.09. The Morgan fingerprint density at radius 3 is 1.92 bits per heavy atom. The molecule has 0 heterocycles. The van der Waals surface area contributed by atoms with Gasteiger partial charge in [-0.25, -0.2) is 0 Å². The minimum Gasteiger partial charge on any atom is -0.329 e. The predicted molar refractivity (Wildman–Crippen MR) is 53.2 cm³/mol. The molecule has 1 aliphatic rings. The third kappa shape index (κ3) is 1.99. The molecule has 0 aromatic heterocycles. The summed E-state index contributed by atoms with van der Waals surface area (Å²) in [6, 6.07) is 0. The fraction of sp³-hybridized carbons (Fsp3) is 1.00. The molecule has 0 radical (unpaired) electrons. The van der Waals surface area contributed by atoms with Gasteiger partial charge in [0, 0.05) is 12.1 Å². The Morgan fingerprint density at radius 2 is 1.58 bits per heavy atom. The average molecular weight is 170 g/mol. The Morgan fingerprint density at radius 1 is 1.08 bits per heavy atom. The van der Waals surface area contributed by atoms with Crippen LogP contribution in [0.1, 0.15) is 38.5 Å². The molecule has 0 spiro atoms. The van der Waals surface area contributed by atoms with E-state index in [1.165, 1.54) is 38.5 Å². The summed E-state index contributed by atoms with van der Waals surface area (Å²) >= 11 is 0. The molecule has 0 aliphatic heterocycles. The van der Waals surface area contributed by atoms with Crippen LogP contribution in [0.15, 0.2) is 0 Å². The van der Waals surface area contributed by atoms with Crippen LogP contribution in [0, 0.1) is 0 Å². The van der Waals surface area contributed by atoms with Crippen molar-refractivity contribution in [3.8, 4) is 0 Å². The Labute approximate surface area is 76.1 Å². The summed E-state index contributed by atoms with van der Waals surface area (Å²) in [6.07, 6.45) is 8.09. The zero-order chi connectivity index (χ0) is 9.03. The fourth-order valence-electron chi connectivity index (χ4n) is 2.22. The molecule has 1 fully saturated rings. The highest BCUT2D eigenvalue weighted by molar-refractivity contribution is 4.90. The third-order valence-electron chi connectivity index (χ3n) is 3.36. The van der Waals surface area contributed by atoms with E-state index in [4.69, 9.17) is 5.73 Å². The summed E-state index contributed by atoms with van der Waals surface area (Å²) in [5.74, 6) is 0. The van der Waals surface area contributed by atoms with Crippen LogP contribution in [0.5, 0.6) is 0 Å². The standard InChI is InChI=1S/C10H22N2/c1-12(2)10(9-11)7-5-3-4-6-8-10/h3-9,11H2,1-2H3. The van der Waals surface area contributed by atoms with Gasteiger partial charge in [-0.1, -0.05) is 25.7 Å². The first kappa shape index (κ1) is 10.0. The zero-order valence-corrected chi connectivity index (χ0v) is 8.47. The van der Waals surface area contributed by atoms with E-state index < -0.39 is 0 Å². The third-order valence-corrected chi connectivity index (χ3v) is 3.36. The van der Waals surface area contributed by atoms with E-state index in [0.29, 0.717) is 5.54 Å². The molecule has 2 N–H and O–H groups in total. The highest BCUT2D eigenvalue weighted by Gasteiger charge is 2.31. The molecule has 0 unspecified atom stereocenters. The molecule has 2 heteroatoms. The van der Waals surface area contributed by atoms with Crippen molar-refractivity contribution in [3.63, 3.8) is 0 Å². The Hall–Kier alpha value is -0.0800. The normalized spacial score (nSPS) is 24.0. The van der Waals surface area contributed by atoms with Crippen LogP contribution in [0.4, 0.5) is 0 Å². The molecule has 12 heavy (non-hydrogen) atoms. The second-order valence-electron chi connectivity index (χ2n) is 4.24. The van der Waals surface area contributed by atoms with E-state index in [0.717, 1.165) is 6.54 Å². The molecule has 72 valence electrons. The summed E-state index contributed by atoms with van der Waals surface area (Å²) < 4.78 is 0. The van der Waals surface area contributed by atoms with Gasteiger partial charge in [0.2, 0.25) is 0 Å². The lowest BCUT2D eigenvalue weighted by Crippen LogP contribution is -2.49. The van der Waals surface area contributed by atoms with Gasteiger partial charge in [0.25, 0.3) is 0 Å². The predicted octanol–water partition coefficient (Wildman–Crippen LogP) is 1.60. The van der Waals surface area contributed by atoms with Crippen LogP contribution < -0.4 is 5.73 Å². The van der Waals surface area contributed by atoms with Gasteiger partial charge in [0.15, 0.2) is 0 Å². The van der Waals surface area contributed by atoms with E-state index in [1.807, 2.05) is 0 Å². The van der Waals surface area contributed by atoms with Gasteiger partial charge in [-0.15, -0.1) is 0 Å². The van der Waals surface area contributed by atoms with Crippen LogP contribution in [-0.4, -0.2) is 31.1 Å². The molecule has 0 amide bonds. The largest absolute Gasteiger partial charge is 0.329 e. The molecule has 0 bridgehead atoms. The summed E-state index contributed by atoms with van der Waals surface area (Å²) in [4.78, 5) is 2.33. The molecule has 1 rings (SSSR count). The van der Waals surface area contributed by atoms with Crippen molar-refractivity contribution in [1.82, 2.24) is 4.90 Å². The van der Waals surface area contributed by atoms with Crippen molar-refractivity contribution >= 4 is 0 Å². The molecule has 1 saturated carbocycles. The van der Waals surface area contributed by atoms with Crippen LogP contribution in [0.2, 0.25) is 0 Å². The van der Waals surface area contributed by atoms with Gasteiger partial charge in [0.1, 0.15) is 0 Å². The van der Waals surface area contributed by atoms with E-state index >= 15 is 0 Å². The van der Waals surface area contributed by atoms with E-state index in [-0.39, 0.29) is 0 Å². The van der Waals surface area contributed by atoms with Crippen molar-refractivity contribution in [2.45, 2.75) is 44.1 Å². The quantitative estimate of drug-likeness (QED) is 0.638. The summed E-state index contributed by atoms with van der Waals surface area (Å²) in [7, 11) is 4.33. The van der Waals surface area contributed by atoms with Crippen LogP contribution in [0.25, 0.3) is 0 Å². The molecular formula is C10H22N2. The maximum Gasteiger partial charge on any atom is 0.0325 e. The maximum absolute atomic E-state index is 5.87.